The van der Waals surface area contributed by atoms with E-state index in [1.54, 1.807) is 0 Å². The van der Waals surface area contributed by atoms with Gasteiger partial charge in [-0.25, -0.2) is 0 Å². The van der Waals surface area contributed by atoms with Crippen LogP contribution in [-0.4, -0.2) is 16.1 Å². The Hall–Kier alpha value is 0.690. The molecule has 0 bridgehead atoms. The van der Waals surface area contributed by atoms with E-state index in [0.29, 0.717) is 12.2 Å². The molecule has 0 amide bonds. The fraction of sp³-hybridized carbons (Fsp3) is 1.00. The van der Waals surface area contributed by atoms with E-state index in [0.717, 1.165) is 9.84 Å². The molecule has 2 aliphatic rings. The largest absolute Gasteiger partial charge is 0.374 e. The van der Waals surface area contributed by atoms with Crippen LogP contribution in [0.1, 0.15) is 45.4 Å². The molecule has 0 N–H and O–H groups in total. The van der Waals surface area contributed by atoms with Gasteiger partial charge < -0.3 is 4.74 Å². The van der Waals surface area contributed by atoms with Crippen LogP contribution in [0.4, 0.5) is 0 Å². The predicted octanol–water partition coefficient (Wildman–Crippen LogP) is 3.55. The van der Waals surface area contributed by atoms with Crippen molar-refractivity contribution in [2.45, 2.75) is 61.6 Å². The van der Waals surface area contributed by atoms with Crippen molar-refractivity contribution in [2.24, 2.45) is 5.92 Å². The minimum absolute atomic E-state index is 0.528. The Labute approximate surface area is 94.8 Å². The summed E-state index contributed by atoms with van der Waals surface area (Å²) in [5.74, 6) is 0.894. The monoisotopic (exact) mass is 294 g/mol. The summed E-state index contributed by atoms with van der Waals surface area (Å²) >= 11 is 2.57. The summed E-state index contributed by atoms with van der Waals surface area (Å²) in [7, 11) is 0. The van der Waals surface area contributed by atoms with Crippen molar-refractivity contribution < 1.29 is 4.74 Å². The molecule has 0 heterocycles. The minimum Gasteiger partial charge on any atom is -0.374 e. The molecule has 2 aliphatic carbocycles. The SMILES string of the molecule is CC(OC1CCCCC1I)C1CC1. The first-order valence-electron chi connectivity index (χ1n) is 5.57. The molecule has 0 aromatic carbocycles. The summed E-state index contributed by atoms with van der Waals surface area (Å²) in [6, 6.07) is 0. The van der Waals surface area contributed by atoms with Crippen LogP contribution in [0.2, 0.25) is 0 Å². The topological polar surface area (TPSA) is 9.23 Å². The van der Waals surface area contributed by atoms with Crippen LogP contribution in [0.3, 0.4) is 0 Å². The summed E-state index contributed by atoms with van der Waals surface area (Å²) in [4.78, 5) is 0. The first kappa shape index (κ1) is 10.2. The van der Waals surface area contributed by atoms with E-state index >= 15 is 0 Å². The second-order valence-electron chi connectivity index (χ2n) is 4.52. The lowest BCUT2D eigenvalue weighted by Gasteiger charge is -2.30. The van der Waals surface area contributed by atoms with Crippen LogP contribution >= 0.6 is 22.6 Å². The van der Waals surface area contributed by atoms with Gasteiger partial charge in [0, 0.05) is 3.92 Å². The zero-order valence-electron chi connectivity index (χ0n) is 8.34. The van der Waals surface area contributed by atoms with Gasteiger partial charge in [-0.1, -0.05) is 35.4 Å². The molecule has 3 atom stereocenters. The summed E-state index contributed by atoms with van der Waals surface area (Å²) in [5.41, 5.74) is 0. The number of hydrogen-bond acceptors (Lipinski definition) is 1. The zero-order valence-corrected chi connectivity index (χ0v) is 10.5. The lowest BCUT2D eigenvalue weighted by atomic mass is 9.97. The third-order valence-corrected chi connectivity index (χ3v) is 4.72. The van der Waals surface area contributed by atoms with Crippen molar-refractivity contribution in [1.82, 2.24) is 0 Å². The van der Waals surface area contributed by atoms with Crippen molar-refractivity contribution in [3.8, 4) is 0 Å². The van der Waals surface area contributed by atoms with Crippen LogP contribution in [0.5, 0.6) is 0 Å². The van der Waals surface area contributed by atoms with Gasteiger partial charge in [-0.2, -0.15) is 0 Å². The first-order chi connectivity index (χ1) is 6.27. The molecule has 0 radical (unpaired) electrons. The van der Waals surface area contributed by atoms with Crippen LogP contribution < -0.4 is 0 Å². The van der Waals surface area contributed by atoms with Crippen molar-refractivity contribution in [3.63, 3.8) is 0 Å². The van der Waals surface area contributed by atoms with Gasteiger partial charge in [-0.3, -0.25) is 0 Å². The Bertz CT molecular complexity index is 167. The van der Waals surface area contributed by atoms with Gasteiger partial charge in [0.05, 0.1) is 12.2 Å². The van der Waals surface area contributed by atoms with Crippen molar-refractivity contribution in [2.75, 3.05) is 0 Å². The number of ether oxygens (including phenoxy) is 1. The fourth-order valence-electron chi connectivity index (χ4n) is 2.16. The van der Waals surface area contributed by atoms with E-state index < -0.39 is 0 Å². The third kappa shape index (κ3) is 2.82. The Morgan fingerprint density at radius 2 is 1.85 bits per heavy atom. The highest BCUT2D eigenvalue weighted by molar-refractivity contribution is 14.1. The number of hydrogen-bond donors (Lipinski definition) is 0. The molecule has 13 heavy (non-hydrogen) atoms. The third-order valence-electron chi connectivity index (χ3n) is 3.30. The second-order valence-corrected chi connectivity index (χ2v) is 6.12. The van der Waals surface area contributed by atoms with E-state index in [2.05, 4.69) is 29.5 Å². The summed E-state index contributed by atoms with van der Waals surface area (Å²) < 4.78 is 6.89. The van der Waals surface area contributed by atoms with Gasteiger partial charge >= 0.3 is 0 Å². The summed E-state index contributed by atoms with van der Waals surface area (Å²) in [6.45, 7) is 2.26. The molecule has 76 valence electrons. The lowest BCUT2D eigenvalue weighted by molar-refractivity contribution is -0.0245. The van der Waals surface area contributed by atoms with E-state index in [9.17, 15) is 0 Å². The maximum atomic E-state index is 6.12. The van der Waals surface area contributed by atoms with Crippen LogP contribution in [0, 0.1) is 5.92 Å². The Morgan fingerprint density at radius 3 is 2.46 bits per heavy atom. The van der Waals surface area contributed by atoms with Crippen molar-refractivity contribution in [3.05, 3.63) is 0 Å². The standard InChI is InChI=1S/C11H19IO/c1-8(9-6-7-9)13-11-5-3-2-4-10(11)12/h8-11H,2-7H2,1H3. The van der Waals surface area contributed by atoms with Gasteiger partial charge in [0.25, 0.3) is 0 Å². The molecule has 1 nitrogen and oxygen atoms in total. The van der Waals surface area contributed by atoms with Crippen molar-refractivity contribution >= 4 is 22.6 Å². The Balaban J connectivity index is 1.77. The first-order valence-corrected chi connectivity index (χ1v) is 6.81. The fourth-order valence-corrected chi connectivity index (χ4v) is 3.13. The average molecular weight is 294 g/mol. The van der Waals surface area contributed by atoms with Gasteiger partial charge in [0.1, 0.15) is 0 Å². The van der Waals surface area contributed by atoms with Crippen LogP contribution in [0.25, 0.3) is 0 Å². The summed E-state index contributed by atoms with van der Waals surface area (Å²) in [5, 5.41) is 0. The average Bonchev–Trinajstić information content (AvgIpc) is 2.91. The number of alkyl halides is 1. The molecule has 3 unspecified atom stereocenters. The van der Waals surface area contributed by atoms with Crippen LogP contribution in [0.15, 0.2) is 0 Å². The van der Waals surface area contributed by atoms with E-state index in [1.165, 1.54) is 38.5 Å². The van der Waals surface area contributed by atoms with Gasteiger partial charge in [-0.05, 0) is 38.5 Å². The molecule has 0 spiro atoms. The highest BCUT2D eigenvalue weighted by Gasteiger charge is 2.32. The Morgan fingerprint density at radius 1 is 1.15 bits per heavy atom. The molecule has 0 aliphatic heterocycles. The van der Waals surface area contributed by atoms with E-state index in [1.807, 2.05) is 0 Å². The molecule has 0 saturated heterocycles. The van der Waals surface area contributed by atoms with E-state index in [4.69, 9.17) is 4.74 Å². The molecule has 0 aromatic rings. The number of halogens is 1. The molecule has 0 aromatic heterocycles. The summed E-state index contributed by atoms with van der Waals surface area (Å²) in [6.07, 6.45) is 9.34. The van der Waals surface area contributed by atoms with E-state index in [-0.39, 0.29) is 0 Å². The zero-order chi connectivity index (χ0) is 9.26. The normalized spacial score (nSPS) is 37.4. The predicted molar refractivity (Wildman–Crippen MR) is 63.3 cm³/mol. The Kier molecular flexibility index (Phi) is 3.52. The molecule has 2 fully saturated rings. The van der Waals surface area contributed by atoms with Gasteiger partial charge in [0.15, 0.2) is 0 Å². The van der Waals surface area contributed by atoms with Crippen LogP contribution in [-0.2, 0) is 4.74 Å². The highest BCUT2D eigenvalue weighted by Crippen LogP contribution is 2.37. The quantitative estimate of drug-likeness (QED) is 0.571. The second kappa shape index (κ2) is 4.47. The number of rotatable bonds is 3. The highest BCUT2D eigenvalue weighted by atomic mass is 127. The minimum atomic E-state index is 0.528. The molecule has 2 rings (SSSR count). The van der Waals surface area contributed by atoms with Gasteiger partial charge in [-0.15, -0.1) is 0 Å². The molecule has 2 saturated carbocycles. The maximum Gasteiger partial charge on any atom is 0.0696 e. The lowest BCUT2D eigenvalue weighted by Crippen LogP contribution is -2.31. The van der Waals surface area contributed by atoms with Crippen molar-refractivity contribution in [1.29, 1.82) is 0 Å². The van der Waals surface area contributed by atoms with Gasteiger partial charge in [0.2, 0.25) is 0 Å². The molecule has 2 heteroatoms. The molecular formula is C11H19IO. The molecular weight excluding hydrogens is 275 g/mol. The smallest absolute Gasteiger partial charge is 0.0696 e. The maximum absolute atomic E-state index is 6.12.